The third-order valence-electron chi connectivity index (χ3n) is 5.53. The highest BCUT2D eigenvalue weighted by Gasteiger charge is 2.49. The standard InChI is InChI=1S/C23H35NO6/c1-7-22(4,19(27)29-6)16-23(5,20(28)30-14-13-25)15-21(2,3)18(26)24-17-11-9-8-10-12-17/h8-12,25H,7,13-16H2,1-6H3,(H,24,26). The van der Waals surface area contributed by atoms with Crippen molar-refractivity contribution in [1.82, 2.24) is 0 Å². The van der Waals surface area contributed by atoms with Gasteiger partial charge in [-0.1, -0.05) is 39.0 Å². The molecule has 0 heterocycles. The molecule has 1 rings (SSSR count). The van der Waals surface area contributed by atoms with E-state index in [1.165, 1.54) is 7.11 Å². The summed E-state index contributed by atoms with van der Waals surface area (Å²) >= 11 is 0. The number of amides is 1. The molecule has 0 bridgehead atoms. The van der Waals surface area contributed by atoms with Gasteiger partial charge in [-0.15, -0.1) is 0 Å². The molecule has 2 atom stereocenters. The number of nitrogens with one attached hydrogen (secondary N) is 1. The lowest BCUT2D eigenvalue weighted by atomic mass is 9.65. The van der Waals surface area contributed by atoms with E-state index in [0.717, 1.165) is 0 Å². The Morgan fingerprint density at radius 1 is 0.967 bits per heavy atom. The van der Waals surface area contributed by atoms with E-state index in [1.54, 1.807) is 39.8 Å². The lowest BCUT2D eigenvalue weighted by molar-refractivity contribution is -0.165. The minimum atomic E-state index is -1.15. The lowest BCUT2D eigenvalue weighted by Crippen LogP contribution is -2.45. The van der Waals surface area contributed by atoms with E-state index >= 15 is 0 Å². The second-order valence-corrected chi connectivity index (χ2v) is 8.88. The van der Waals surface area contributed by atoms with Gasteiger partial charge in [0.1, 0.15) is 6.61 Å². The fraction of sp³-hybridized carbons (Fsp3) is 0.609. The highest BCUT2D eigenvalue weighted by atomic mass is 16.5. The smallest absolute Gasteiger partial charge is 0.311 e. The van der Waals surface area contributed by atoms with Crippen molar-refractivity contribution in [3.05, 3.63) is 30.3 Å². The molecule has 0 fully saturated rings. The molecule has 1 aromatic rings. The largest absolute Gasteiger partial charge is 0.469 e. The predicted octanol–water partition coefficient (Wildman–Crippen LogP) is 3.56. The van der Waals surface area contributed by atoms with Crippen molar-refractivity contribution in [2.75, 3.05) is 25.6 Å². The number of carbonyl (C=O) groups is 3. The van der Waals surface area contributed by atoms with E-state index in [2.05, 4.69) is 5.32 Å². The van der Waals surface area contributed by atoms with Gasteiger partial charge < -0.3 is 19.9 Å². The molecule has 0 saturated carbocycles. The maximum atomic E-state index is 13.0. The monoisotopic (exact) mass is 421 g/mol. The Morgan fingerprint density at radius 2 is 1.57 bits per heavy atom. The number of aliphatic hydroxyl groups excluding tert-OH is 1. The predicted molar refractivity (Wildman–Crippen MR) is 115 cm³/mol. The van der Waals surface area contributed by atoms with Crippen LogP contribution in [0.1, 0.15) is 53.9 Å². The van der Waals surface area contributed by atoms with Gasteiger partial charge in [-0.05, 0) is 45.2 Å². The summed E-state index contributed by atoms with van der Waals surface area (Å²) in [6.45, 7) is 8.35. The topological polar surface area (TPSA) is 102 Å². The molecule has 2 N–H and O–H groups in total. The first-order valence-corrected chi connectivity index (χ1v) is 10.2. The Hall–Kier alpha value is -2.41. The van der Waals surface area contributed by atoms with Crippen molar-refractivity contribution in [2.45, 2.75) is 53.9 Å². The van der Waals surface area contributed by atoms with Gasteiger partial charge in [0.15, 0.2) is 0 Å². The van der Waals surface area contributed by atoms with Crippen molar-refractivity contribution in [3.8, 4) is 0 Å². The highest BCUT2D eigenvalue weighted by Crippen LogP contribution is 2.45. The summed E-state index contributed by atoms with van der Waals surface area (Å²) in [5.41, 5.74) is -2.35. The summed E-state index contributed by atoms with van der Waals surface area (Å²) in [6.07, 6.45) is 0.754. The van der Waals surface area contributed by atoms with Crippen LogP contribution in [-0.4, -0.2) is 43.3 Å². The molecular weight excluding hydrogens is 386 g/mol. The SMILES string of the molecule is CCC(C)(CC(C)(CC(C)(C)C(=O)Nc1ccccc1)C(=O)OCCO)C(=O)OC. The average Bonchev–Trinajstić information content (AvgIpc) is 2.71. The van der Waals surface area contributed by atoms with Crippen molar-refractivity contribution in [1.29, 1.82) is 0 Å². The molecule has 0 saturated heterocycles. The second-order valence-electron chi connectivity index (χ2n) is 8.88. The van der Waals surface area contributed by atoms with Gasteiger partial charge in [0, 0.05) is 11.1 Å². The van der Waals surface area contributed by atoms with Crippen LogP contribution >= 0.6 is 0 Å². The number of hydrogen-bond donors (Lipinski definition) is 2. The summed E-state index contributed by atoms with van der Waals surface area (Å²) in [6, 6.07) is 9.07. The van der Waals surface area contributed by atoms with E-state index in [0.29, 0.717) is 12.1 Å². The minimum Gasteiger partial charge on any atom is -0.469 e. The Bertz CT molecular complexity index is 732. The molecular formula is C23H35NO6. The zero-order chi connectivity index (χ0) is 23.0. The Morgan fingerprint density at radius 3 is 2.07 bits per heavy atom. The normalized spacial score (nSPS) is 15.4. The zero-order valence-electron chi connectivity index (χ0n) is 18.9. The van der Waals surface area contributed by atoms with Crippen LogP contribution < -0.4 is 5.32 Å². The van der Waals surface area contributed by atoms with E-state index in [1.807, 2.05) is 25.1 Å². The van der Waals surface area contributed by atoms with Crippen LogP contribution in [0.3, 0.4) is 0 Å². The number of ether oxygens (including phenoxy) is 2. The number of hydrogen-bond acceptors (Lipinski definition) is 6. The van der Waals surface area contributed by atoms with E-state index in [9.17, 15) is 14.4 Å². The van der Waals surface area contributed by atoms with Crippen LogP contribution in [0.2, 0.25) is 0 Å². The van der Waals surface area contributed by atoms with Crippen LogP contribution in [0, 0.1) is 16.2 Å². The van der Waals surface area contributed by atoms with Crippen molar-refractivity contribution >= 4 is 23.5 Å². The fourth-order valence-corrected chi connectivity index (χ4v) is 3.85. The molecule has 168 valence electrons. The van der Waals surface area contributed by atoms with Crippen LogP contribution in [0.5, 0.6) is 0 Å². The quantitative estimate of drug-likeness (QED) is 0.530. The Kier molecular flexibility index (Phi) is 9.03. The van der Waals surface area contributed by atoms with Gasteiger partial charge in [0.25, 0.3) is 0 Å². The van der Waals surface area contributed by atoms with Gasteiger partial charge >= 0.3 is 11.9 Å². The van der Waals surface area contributed by atoms with Gasteiger partial charge in [-0.3, -0.25) is 14.4 Å². The second kappa shape index (κ2) is 10.6. The molecule has 1 aromatic carbocycles. The molecule has 0 radical (unpaired) electrons. The van der Waals surface area contributed by atoms with E-state index in [4.69, 9.17) is 14.6 Å². The summed E-state index contributed by atoms with van der Waals surface area (Å²) in [5.74, 6) is -1.22. The van der Waals surface area contributed by atoms with Crippen molar-refractivity contribution < 1.29 is 29.0 Å². The molecule has 0 aliphatic rings. The maximum Gasteiger partial charge on any atom is 0.311 e. The number of aliphatic hydroxyl groups is 1. The summed E-state index contributed by atoms with van der Waals surface area (Å²) in [4.78, 5) is 38.4. The first-order valence-electron chi connectivity index (χ1n) is 10.2. The molecule has 2 unspecified atom stereocenters. The van der Waals surface area contributed by atoms with Gasteiger partial charge in [0.05, 0.1) is 24.5 Å². The van der Waals surface area contributed by atoms with Crippen LogP contribution in [-0.2, 0) is 23.9 Å². The number of esters is 2. The number of benzene rings is 1. The van der Waals surface area contributed by atoms with Crippen LogP contribution in [0.15, 0.2) is 30.3 Å². The third kappa shape index (κ3) is 6.55. The molecule has 7 heteroatoms. The summed E-state index contributed by atoms with van der Waals surface area (Å²) < 4.78 is 10.2. The third-order valence-corrected chi connectivity index (χ3v) is 5.53. The lowest BCUT2D eigenvalue weighted by Gasteiger charge is -2.39. The van der Waals surface area contributed by atoms with Gasteiger partial charge in [-0.2, -0.15) is 0 Å². The minimum absolute atomic E-state index is 0.147. The number of anilines is 1. The first-order chi connectivity index (χ1) is 13.9. The molecule has 0 aromatic heterocycles. The molecule has 0 spiro atoms. The Balaban J connectivity index is 3.18. The first kappa shape index (κ1) is 25.6. The number of rotatable bonds is 11. The summed E-state index contributed by atoms with van der Waals surface area (Å²) in [5, 5.41) is 11.9. The van der Waals surface area contributed by atoms with Crippen LogP contribution in [0.25, 0.3) is 0 Å². The van der Waals surface area contributed by atoms with Gasteiger partial charge in [-0.25, -0.2) is 0 Å². The molecule has 30 heavy (non-hydrogen) atoms. The van der Waals surface area contributed by atoms with E-state index < -0.39 is 28.2 Å². The molecule has 7 nitrogen and oxygen atoms in total. The fourth-order valence-electron chi connectivity index (χ4n) is 3.85. The number of para-hydroxylation sites is 1. The highest BCUT2D eigenvalue weighted by molar-refractivity contribution is 5.95. The maximum absolute atomic E-state index is 13.0. The molecule has 0 aliphatic carbocycles. The van der Waals surface area contributed by atoms with Crippen LogP contribution in [0.4, 0.5) is 5.69 Å². The van der Waals surface area contributed by atoms with Crippen molar-refractivity contribution in [3.63, 3.8) is 0 Å². The number of methoxy groups -OCH3 is 1. The van der Waals surface area contributed by atoms with E-state index in [-0.39, 0.29) is 32.0 Å². The molecule has 1 amide bonds. The zero-order valence-corrected chi connectivity index (χ0v) is 18.9. The van der Waals surface area contributed by atoms with Crippen molar-refractivity contribution in [2.24, 2.45) is 16.2 Å². The Labute approximate surface area is 179 Å². The average molecular weight is 422 g/mol. The van der Waals surface area contributed by atoms with Gasteiger partial charge in [0.2, 0.25) is 5.91 Å². The number of carbonyl (C=O) groups excluding carboxylic acids is 3. The molecule has 0 aliphatic heterocycles. The summed E-state index contributed by atoms with van der Waals surface area (Å²) in [7, 11) is 1.31.